The molecule has 154 valence electrons. The van der Waals surface area contributed by atoms with E-state index in [1.807, 2.05) is 0 Å². The van der Waals surface area contributed by atoms with E-state index >= 15 is 0 Å². The molecule has 1 aliphatic heterocycles. The molecule has 0 saturated carbocycles. The van der Waals surface area contributed by atoms with Crippen molar-refractivity contribution in [2.45, 2.75) is 24.7 Å². The topological polar surface area (TPSA) is 45.5 Å². The lowest BCUT2D eigenvalue weighted by Crippen LogP contribution is -2.42. The predicted molar refractivity (Wildman–Crippen MR) is 90.2 cm³/mol. The summed E-state index contributed by atoms with van der Waals surface area (Å²) in [5.41, 5.74) is -2.32. The smallest absolute Gasteiger partial charge is 0.433 e. The summed E-state index contributed by atoms with van der Waals surface area (Å²) in [6.45, 7) is -0.546. The van der Waals surface area contributed by atoms with Gasteiger partial charge < -0.3 is 14.4 Å². The highest BCUT2D eigenvalue weighted by atomic mass is 19.4. The van der Waals surface area contributed by atoms with Crippen molar-refractivity contribution in [3.63, 3.8) is 0 Å². The van der Waals surface area contributed by atoms with Gasteiger partial charge in [-0.2, -0.15) is 31.6 Å². The fourth-order valence-corrected chi connectivity index (χ4v) is 2.95. The van der Waals surface area contributed by atoms with Crippen LogP contribution in [0.2, 0.25) is 0 Å². The van der Waals surface area contributed by atoms with Gasteiger partial charge in [0, 0.05) is 5.69 Å². The highest BCUT2D eigenvalue weighted by Gasteiger charge is 2.51. The molecule has 0 radical (unpaired) electrons. The van der Waals surface area contributed by atoms with E-state index in [1.54, 1.807) is 30.3 Å². The molecule has 10 heteroatoms. The van der Waals surface area contributed by atoms with Gasteiger partial charge in [0.15, 0.2) is 0 Å². The first kappa shape index (κ1) is 20.8. The second kappa shape index (κ2) is 7.83. The van der Waals surface area contributed by atoms with Crippen LogP contribution >= 0.6 is 0 Å². The van der Waals surface area contributed by atoms with Gasteiger partial charge >= 0.3 is 12.4 Å². The average molecular weight is 416 g/mol. The lowest BCUT2D eigenvalue weighted by atomic mass is 10.1. The van der Waals surface area contributed by atoms with Crippen LogP contribution in [0.15, 0.2) is 48.5 Å². The molecule has 4 nitrogen and oxygen atoms in total. The normalized spacial score (nSPS) is 19.8. The number of alkyl halides is 6. The summed E-state index contributed by atoms with van der Waals surface area (Å²) in [7, 11) is 0. The van der Waals surface area contributed by atoms with Gasteiger partial charge in [0.1, 0.15) is 18.5 Å². The molecule has 1 aliphatic rings. The minimum atomic E-state index is -4.88. The van der Waals surface area contributed by atoms with Crippen LogP contribution in [0.5, 0.6) is 5.75 Å². The highest BCUT2D eigenvalue weighted by molar-refractivity contribution is 5.56. The van der Waals surface area contributed by atoms with Crippen molar-refractivity contribution in [1.82, 2.24) is 0 Å². The molecule has 3 rings (SSSR count). The summed E-state index contributed by atoms with van der Waals surface area (Å²) in [5.74, 6) is 0.427. The number of ether oxygens (including phenoxy) is 2. The van der Waals surface area contributed by atoms with Gasteiger partial charge in [-0.15, -0.1) is 0 Å². The number of hydrogen-bond donors (Lipinski definition) is 0. The third-order valence-electron chi connectivity index (χ3n) is 4.22. The fourth-order valence-electron chi connectivity index (χ4n) is 2.95. The Balaban J connectivity index is 1.85. The Labute approximate surface area is 161 Å². The van der Waals surface area contributed by atoms with Crippen LogP contribution in [-0.4, -0.2) is 31.7 Å². The van der Waals surface area contributed by atoms with E-state index in [9.17, 15) is 26.3 Å². The Kier molecular flexibility index (Phi) is 5.61. The highest BCUT2D eigenvalue weighted by Crippen LogP contribution is 2.39. The van der Waals surface area contributed by atoms with Crippen LogP contribution in [0.1, 0.15) is 11.1 Å². The summed E-state index contributed by atoms with van der Waals surface area (Å²) >= 11 is 0. The number of hydrogen-bond acceptors (Lipinski definition) is 4. The minimum absolute atomic E-state index is 0.213. The van der Waals surface area contributed by atoms with Crippen LogP contribution in [0.3, 0.4) is 0 Å². The summed E-state index contributed by atoms with van der Waals surface area (Å²) in [6.07, 6.45) is -13.2. The van der Waals surface area contributed by atoms with Crippen molar-refractivity contribution in [3.05, 3.63) is 59.7 Å². The molecule has 0 aromatic heterocycles. The van der Waals surface area contributed by atoms with Gasteiger partial charge in [-0.25, -0.2) is 0 Å². The maximum atomic E-state index is 13.4. The van der Waals surface area contributed by atoms with E-state index in [1.165, 1.54) is 6.07 Å². The molecular formula is C19H14F6N2O2. The van der Waals surface area contributed by atoms with Crippen LogP contribution in [0.4, 0.5) is 32.0 Å². The average Bonchev–Trinajstić information content (AvgIpc) is 3.11. The van der Waals surface area contributed by atoms with Crippen LogP contribution in [0.25, 0.3) is 0 Å². The molecule has 1 fully saturated rings. The van der Waals surface area contributed by atoms with E-state index in [4.69, 9.17) is 14.7 Å². The summed E-state index contributed by atoms with van der Waals surface area (Å²) in [6, 6.07) is 12.2. The first-order chi connectivity index (χ1) is 13.6. The van der Waals surface area contributed by atoms with Crippen LogP contribution in [0, 0.1) is 11.3 Å². The third kappa shape index (κ3) is 4.74. The first-order valence-electron chi connectivity index (χ1n) is 8.37. The Morgan fingerprint density at radius 2 is 1.76 bits per heavy atom. The summed E-state index contributed by atoms with van der Waals surface area (Å²) in [4.78, 5) is 0.690. The van der Waals surface area contributed by atoms with E-state index in [0.29, 0.717) is 16.7 Å². The number of nitrogens with zero attached hydrogens (tertiary/aromatic N) is 2. The molecule has 1 saturated heterocycles. The second-order valence-corrected chi connectivity index (χ2v) is 6.27. The fraction of sp³-hybridized carbons (Fsp3) is 0.316. The van der Waals surface area contributed by atoms with Gasteiger partial charge in [-0.1, -0.05) is 18.2 Å². The molecule has 1 heterocycles. The van der Waals surface area contributed by atoms with Crippen molar-refractivity contribution < 1.29 is 35.8 Å². The monoisotopic (exact) mass is 416 g/mol. The maximum Gasteiger partial charge on any atom is 0.433 e. The minimum Gasteiger partial charge on any atom is -0.491 e. The standard InChI is InChI=1S/C19H14F6N2O2/c20-18(21,22)16-8-13(7-6-12(16)9-26)27-10-15(29-17(27)19(23,24)25)11-28-14-4-2-1-3-5-14/h1-8,15,17H,10-11H2/t15-,17+/m0/s1. The zero-order valence-corrected chi connectivity index (χ0v) is 14.7. The lowest BCUT2D eigenvalue weighted by molar-refractivity contribution is -0.215. The largest absolute Gasteiger partial charge is 0.491 e. The maximum absolute atomic E-state index is 13.4. The van der Waals surface area contributed by atoms with Gasteiger partial charge in [0.25, 0.3) is 0 Å². The molecule has 0 N–H and O–H groups in total. The number of halogens is 6. The van der Waals surface area contributed by atoms with Crippen LogP contribution in [-0.2, 0) is 10.9 Å². The van der Waals surface area contributed by atoms with E-state index in [0.717, 1.165) is 12.1 Å². The lowest BCUT2D eigenvalue weighted by Gasteiger charge is -2.27. The van der Waals surface area contributed by atoms with Gasteiger partial charge in [0.05, 0.1) is 23.7 Å². The van der Waals surface area contributed by atoms with Crippen molar-refractivity contribution in [2.75, 3.05) is 18.1 Å². The van der Waals surface area contributed by atoms with Gasteiger partial charge in [-0.3, -0.25) is 0 Å². The van der Waals surface area contributed by atoms with Gasteiger partial charge in [0.2, 0.25) is 6.23 Å². The SMILES string of the molecule is N#Cc1ccc(N2C[C@@H](COc3ccccc3)O[C@@H]2C(F)(F)F)cc1C(F)(F)F. The molecule has 2 atom stereocenters. The van der Waals surface area contributed by atoms with Crippen molar-refractivity contribution >= 4 is 5.69 Å². The van der Waals surface area contributed by atoms with Crippen molar-refractivity contribution in [2.24, 2.45) is 0 Å². The van der Waals surface area contributed by atoms with Crippen molar-refractivity contribution in [3.8, 4) is 11.8 Å². The molecule has 0 aliphatic carbocycles. The molecule has 2 aromatic rings. The third-order valence-corrected chi connectivity index (χ3v) is 4.22. The Bertz CT molecular complexity index is 892. The summed E-state index contributed by atoms with van der Waals surface area (Å²) in [5, 5.41) is 8.85. The molecule has 2 aromatic carbocycles. The second-order valence-electron chi connectivity index (χ2n) is 6.27. The first-order valence-corrected chi connectivity index (χ1v) is 8.37. The quantitative estimate of drug-likeness (QED) is 0.675. The molecular weight excluding hydrogens is 402 g/mol. The molecule has 0 unspecified atom stereocenters. The van der Waals surface area contributed by atoms with E-state index in [-0.39, 0.29) is 18.8 Å². The number of rotatable bonds is 4. The predicted octanol–water partition coefficient (Wildman–Crippen LogP) is 4.75. The zero-order valence-electron chi connectivity index (χ0n) is 14.7. The summed E-state index contributed by atoms with van der Waals surface area (Å²) < 4.78 is 90.3. The van der Waals surface area contributed by atoms with E-state index < -0.39 is 35.8 Å². The number of benzene rings is 2. The van der Waals surface area contributed by atoms with Gasteiger partial charge in [-0.05, 0) is 30.3 Å². The number of para-hydroxylation sites is 1. The van der Waals surface area contributed by atoms with Crippen molar-refractivity contribution in [1.29, 1.82) is 5.26 Å². The van der Waals surface area contributed by atoms with E-state index in [2.05, 4.69) is 0 Å². The Morgan fingerprint density at radius 3 is 2.34 bits per heavy atom. The molecule has 0 amide bonds. The molecule has 0 spiro atoms. The number of anilines is 1. The zero-order chi connectivity index (χ0) is 21.2. The van der Waals surface area contributed by atoms with Crippen LogP contribution < -0.4 is 9.64 Å². The molecule has 29 heavy (non-hydrogen) atoms. The Morgan fingerprint density at radius 1 is 1.07 bits per heavy atom. The number of nitriles is 1. The molecule has 0 bridgehead atoms. The Hall–Kier alpha value is -2.93.